The molecule has 2 aromatic carbocycles. The highest BCUT2D eigenvalue weighted by atomic mass is 35.5. The number of hydrogen-bond donors (Lipinski definition) is 2. The maximum Gasteiger partial charge on any atom is 0.273 e. The van der Waals surface area contributed by atoms with Gasteiger partial charge in [-0.05, 0) is 11.6 Å². The van der Waals surface area contributed by atoms with Crippen LogP contribution in [0.2, 0.25) is 5.02 Å². The van der Waals surface area contributed by atoms with Crippen LogP contribution in [-0.4, -0.2) is 20.8 Å². The molecule has 2 N–H and O–H groups in total. The molecule has 10 heteroatoms. The Bertz CT molecular complexity index is 1210. The number of carbonyl (C=O) groups excluding carboxylic acids is 1. The number of aromatic nitrogens is 2. The molecule has 2 heterocycles. The summed E-state index contributed by atoms with van der Waals surface area (Å²) in [5, 5.41) is 15.0. The molecule has 1 aromatic heterocycles. The average Bonchev–Trinajstić information content (AvgIpc) is 2.72. The zero-order valence-corrected chi connectivity index (χ0v) is 17.0. The number of carbonyl (C=O) groups is 1. The van der Waals surface area contributed by atoms with Gasteiger partial charge in [0.1, 0.15) is 5.82 Å². The van der Waals surface area contributed by atoms with E-state index in [2.05, 4.69) is 15.3 Å². The topological polar surface area (TPSA) is 118 Å². The van der Waals surface area contributed by atoms with Crippen molar-refractivity contribution < 1.29 is 9.72 Å². The molecule has 8 nitrogen and oxygen atoms in total. The van der Waals surface area contributed by atoms with Gasteiger partial charge in [0.05, 0.1) is 10.5 Å². The van der Waals surface area contributed by atoms with Crippen LogP contribution < -0.4 is 10.9 Å². The average molecular weight is 443 g/mol. The van der Waals surface area contributed by atoms with E-state index in [4.69, 9.17) is 11.6 Å². The minimum atomic E-state index is -0.755. The van der Waals surface area contributed by atoms with Gasteiger partial charge in [0.15, 0.2) is 5.16 Å². The third-order valence-electron chi connectivity index (χ3n) is 4.76. The number of rotatable bonds is 5. The van der Waals surface area contributed by atoms with Crippen LogP contribution in [0.1, 0.15) is 29.0 Å². The molecule has 0 spiro atoms. The van der Waals surface area contributed by atoms with Gasteiger partial charge in [-0.3, -0.25) is 19.7 Å². The van der Waals surface area contributed by atoms with Crippen molar-refractivity contribution in [1.82, 2.24) is 9.97 Å². The Morgan fingerprint density at radius 2 is 1.90 bits per heavy atom. The largest absolute Gasteiger partial charge is 0.310 e. The number of hydrogen-bond acceptors (Lipinski definition) is 6. The van der Waals surface area contributed by atoms with Crippen LogP contribution in [0.4, 0.5) is 11.5 Å². The van der Waals surface area contributed by atoms with E-state index in [0.29, 0.717) is 21.5 Å². The zero-order valence-electron chi connectivity index (χ0n) is 15.4. The lowest BCUT2D eigenvalue weighted by atomic mass is 9.86. The number of thioether (sulfide) groups is 1. The Labute approximate surface area is 179 Å². The number of anilines is 1. The fraction of sp³-hybridized carbons (Fsp3) is 0.150. The number of nitro benzene ring substituents is 1. The lowest BCUT2D eigenvalue weighted by molar-refractivity contribution is -0.385. The third-order valence-corrected chi connectivity index (χ3v) is 6.05. The van der Waals surface area contributed by atoms with E-state index in [1.54, 1.807) is 24.3 Å². The van der Waals surface area contributed by atoms with Gasteiger partial charge in [0.2, 0.25) is 5.91 Å². The molecule has 1 aliphatic rings. The van der Waals surface area contributed by atoms with Gasteiger partial charge in [-0.15, -0.1) is 0 Å². The molecule has 0 saturated carbocycles. The highest BCUT2D eigenvalue weighted by Gasteiger charge is 2.34. The Balaban J connectivity index is 1.71. The first-order valence-electron chi connectivity index (χ1n) is 8.97. The minimum absolute atomic E-state index is 0.0747. The molecule has 30 heavy (non-hydrogen) atoms. The van der Waals surface area contributed by atoms with E-state index in [1.165, 1.54) is 17.8 Å². The van der Waals surface area contributed by atoms with Gasteiger partial charge in [-0.2, -0.15) is 0 Å². The number of para-hydroxylation sites is 1. The first kappa shape index (κ1) is 20.1. The van der Waals surface area contributed by atoms with Crippen LogP contribution in [0.3, 0.4) is 0 Å². The molecular weight excluding hydrogens is 428 g/mol. The normalized spacial score (nSPS) is 15.4. The van der Waals surface area contributed by atoms with Crippen molar-refractivity contribution in [3.8, 4) is 0 Å². The maximum atomic E-state index is 12.9. The zero-order chi connectivity index (χ0) is 21.3. The Morgan fingerprint density at radius 3 is 2.67 bits per heavy atom. The van der Waals surface area contributed by atoms with Crippen molar-refractivity contribution in [3.05, 3.63) is 90.7 Å². The van der Waals surface area contributed by atoms with E-state index in [-0.39, 0.29) is 29.4 Å². The number of benzene rings is 2. The summed E-state index contributed by atoms with van der Waals surface area (Å²) >= 11 is 7.44. The molecule has 1 atom stereocenters. The smallest absolute Gasteiger partial charge is 0.273 e. The monoisotopic (exact) mass is 442 g/mol. The number of nitrogens with zero attached hydrogens (tertiary/aromatic N) is 2. The van der Waals surface area contributed by atoms with Crippen LogP contribution in [0, 0.1) is 10.1 Å². The van der Waals surface area contributed by atoms with Crippen molar-refractivity contribution in [2.24, 2.45) is 0 Å². The molecule has 152 valence electrons. The van der Waals surface area contributed by atoms with Crippen molar-refractivity contribution in [2.75, 3.05) is 5.32 Å². The van der Waals surface area contributed by atoms with Crippen LogP contribution in [-0.2, 0) is 10.5 Å². The molecule has 3 aromatic rings. The highest BCUT2D eigenvalue weighted by Crippen LogP contribution is 2.38. The van der Waals surface area contributed by atoms with Gasteiger partial charge < -0.3 is 10.3 Å². The second-order valence-corrected chi connectivity index (χ2v) is 8.01. The van der Waals surface area contributed by atoms with Gasteiger partial charge in [-0.25, -0.2) is 4.98 Å². The van der Waals surface area contributed by atoms with E-state index < -0.39 is 16.4 Å². The summed E-state index contributed by atoms with van der Waals surface area (Å²) < 4.78 is 0. The van der Waals surface area contributed by atoms with Gasteiger partial charge in [0.25, 0.3) is 11.2 Å². The van der Waals surface area contributed by atoms with Crippen LogP contribution in [0.5, 0.6) is 0 Å². The van der Waals surface area contributed by atoms with E-state index >= 15 is 0 Å². The standard InChI is InChI=1S/C20H15ClN4O4S/c21-14-7-3-1-5-11(14)10-30-20-23-18-17(19(27)24-20)13(9-16(26)22-18)12-6-2-4-8-15(12)25(28)29/h1-8,13H,9-10H2,(H2,22,23,24,26,27). The molecular formula is C20H15ClN4O4S. The SMILES string of the molecule is O=C1CC(c2ccccc2[N+](=O)[O-])c2c(nc(SCc3ccccc3Cl)[nH]c2=O)N1. The van der Waals surface area contributed by atoms with Crippen LogP contribution in [0.25, 0.3) is 0 Å². The molecule has 0 aliphatic carbocycles. The first-order chi connectivity index (χ1) is 14.4. The summed E-state index contributed by atoms with van der Waals surface area (Å²) in [6.07, 6.45) is -0.0747. The predicted octanol–water partition coefficient (Wildman–Crippen LogP) is 4.10. The van der Waals surface area contributed by atoms with Crippen molar-refractivity contribution in [1.29, 1.82) is 0 Å². The number of H-pyrrole nitrogens is 1. The number of nitrogens with one attached hydrogen (secondary N) is 2. The molecule has 0 saturated heterocycles. The molecule has 1 unspecified atom stereocenters. The maximum absolute atomic E-state index is 12.9. The number of amides is 1. The fourth-order valence-corrected chi connectivity index (χ4v) is 4.54. The van der Waals surface area contributed by atoms with E-state index in [9.17, 15) is 19.7 Å². The number of fused-ring (bicyclic) bond motifs is 1. The lowest BCUT2D eigenvalue weighted by Gasteiger charge is -2.24. The summed E-state index contributed by atoms with van der Waals surface area (Å²) in [6.45, 7) is 0. The van der Waals surface area contributed by atoms with Gasteiger partial charge >= 0.3 is 0 Å². The minimum Gasteiger partial charge on any atom is -0.310 e. The van der Waals surface area contributed by atoms with Crippen LogP contribution in [0.15, 0.2) is 58.5 Å². The summed E-state index contributed by atoms with van der Waals surface area (Å²) in [5.74, 6) is -0.511. The summed E-state index contributed by atoms with van der Waals surface area (Å²) in [7, 11) is 0. The number of halogens is 1. The Kier molecular flexibility index (Phi) is 5.56. The van der Waals surface area contributed by atoms with Crippen molar-refractivity contribution in [3.63, 3.8) is 0 Å². The second kappa shape index (κ2) is 8.29. The second-order valence-electron chi connectivity index (χ2n) is 6.63. The van der Waals surface area contributed by atoms with E-state index in [0.717, 1.165) is 5.56 Å². The fourth-order valence-electron chi connectivity index (χ4n) is 3.39. The third kappa shape index (κ3) is 3.94. The van der Waals surface area contributed by atoms with Crippen molar-refractivity contribution >= 4 is 40.8 Å². The summed E-state index contributed by atoms with van der Waals surface area (Å²) in [4.78, 5) is 43.2. The number of aromatic amines is 1. The number of nitro groups is 1. The predicted molar refractivity (Wildman–Crippen MR) is 114 cm³/mol. The summed E-state index contributed by atoms with van der Waals surface area (Å²) in [5.41, 5.74) is 0.823. The van der Waals surface area contributed by atoms with Crippen LogP contribution >= 0.6 is 23.4 Å². The van der Waals surface area contributed by atoms with E-state index in [1.807, 2.05) is 18.2 Å². The molecule has 1 aliphatic heterocycles. The molecule has 4 rings (SSSR count). The molecule has 1 amide bonds. The van der Waals surface area contributed by atoms with Gasteiger partial charge in [-0.1, -0.05) is 59.8 Å². The Morgan fingerprint density at radius 1 is 1.17 bits per heavy atom. The molecule has 0 fully saturated rings. The first-order valence-corrected chi connectivity index (χ1v) is 10.3. The molecule has 0 bridgehead atoms. The lowest BCUT2D eigenvalue weighted by Crippen LogP contribution is -2.31. The molecule has 0 radical (unpaired) electrons. The highest BCUT2D eigenvalue weighted by molar-refractivity contribution is 7.98. The summed E-state index contributed by atoms with van der Waals surface area (Å²) in [6, 6.07) is 13.4. The Hall–Kier alpha value is -3.17. The van der Waals surface area contributed by atoms with Gasteiger partial charge in [0, 0.05) is 34.7 Å². The van der Waals surface area contributed by atoms with Crippen molar-refractivity contribution in [2.45, 2.75) is 23.2 Å². The quantitative estimate of drug-likeness (QED) is 0.266.